The summed E-state index contributed by atoms with van der Waals surface area (Å²) in [6, 6.07) is 6.25. The molecule has 0 saturated heterocycles. The van der Waals surface area contributed by atoms with Crippen molar-refractivity contribution < 1.29 is 9.53 Å². The summed E-state index contributed by atoms with van der Waals surface area (Å²) in [4.78, 5) is 17.4. The Morgan fingerprint density at radius 1 is 1.37 bits per heavy atom. The first-order valence-electron chi connectivity index (χ1n) is 8.94. The number of hydrogen-bond donors (Lipinski definition) is 2. The normalized spacial score (nSPS) is 23.3. The summed E-state index contributed by atoms with van der Waals surface area (Å²) in [6.45, 7) is 10.7. The van der Waals surface area contributed by atoms with Crippen LogP contribution in [0.2, 0.25) is 0 Å². The molecule has 2 aromatic rings. The monoisotopic (exact) mass is 409 g/mol. The van der Waals surface area contributed by atoms with Gasteiger partial charge in [-0.3, -0.25) is 4.79 Å². The summed E-state index contributed by atoms with van der Waals surface area (Å²) in [5.74, 6) is -0.195. The first kappa shape index (κ1) is 21.8. The van der Waals surface area contributed by atoms with Gasteiger partial charge in [0.15, 0.2) is 5.13 Å². The van der Waals surface area contributed by atoms with Crippen LogP contribution in [0.3, 0.4) is 0 Å². The first-order chi connectivity index (χ1) is 12.2. The number of thiazole rings is 1. The van der Waals surface area contributed by atoms with Crippen molar-refractivity contribution in [3.8, 4) is 11.3 Å². The fourth-order valence-corrected chi connectivity index (χ4v) is 4.11. The molecule has 148 valence electrons. The highest BCUT2D eigenvalue weighted by atomic mass is 35.5. The van der Waals surface area contributed by atoms with E-state index in [0.29, 0.717) is 18.2 Å². The highest BCUT2D eigenvalue weighted by Gasteiger charge is 2.63. The molecule has 0 aliphatic heterocycles. The molecule has 7 heteroatoms. The molecular formula is C20H28ClN3O2S. The van der Waals surface area contributed by atoms with Crippen molar-refractivity contribution in [3.05, 3.63) is 34.7 Å². The maximum atomic E-state index is 12.8. The summed E-state index contributed by atoms with van der Waals surface area (Å²) >= 11 is 1.41. The lowest BCUT2D eigenvalue weighted by molar-refractivity contribution is -0.166. The molecule has 1 aromatic heterocycles. The van der Waals surface area contributed by atoms with Crippen LogP contribution in [0.5, 0.6) is 0 Å². The highest BCUT2D eigenvalue weighted by molar-refractivity contribution is 7.14. The quantitative estimate of drug-likeness (QED) is 0.770. The summed E-state index contributed by atoms with van der Waals surface area (Å²) in [5.41, 5.74) is 9.45. The summed E-state index contributed by atoms with van der Waals surface area (Å²) < 4.78 is 5.70. The van der Waals surface area contributed by atoms with E-state index in [-0.39, 0.29) is 24.4 Å². The smallest absolute Gasteiger partial charge is 0.246 e. The second kappa shape index (κ2) is 7.87. The van der Waals surface area contributed by atoms with Crippen LogP contribution in [0.25, 0.3) is 11.3 Å². The number of nitrogens with zero attached hydrogens (tertiary/aromatic N) is 1. The standard InChI is InChI=1S/C20H27N3O2S.ClH/c1-6-25-16-10-20(21,19(16,4)5)17(24)23-18-22-15(11-26-18)14-8-7-12(2)13(3)9-14;/h7-9,11,16H,6,10,21H2,1-5H3,(H,22,23,24);1H. The van der Waals surface area contributed by atoms with Crippen LogP contribution >= 0.6 is 23.7 Å². The third-order valence-corrected chi connectivity index (χ3v) is 6.52. The van der Waals surface area contributed by atoms with Gasteiger partial charge in [0.1, 0.15) is 5.54 Å². The van der Waals surface area contributed by atoms with Gasteiger partial charge in [0.05, 0.1) is 11.8 Å². The molecule has 1 aliphatic carbocycles. The van der Waals surface area contributed by atoms with E-state index in [1.54, 1.807) is 0 Å². The van der Waals surface area contributed by atoms with E-state index < -0.39 is 11.0 Å². The molecule has 27 heavy (non-hydrogen) atoms. The van der Waals surface area contributed by atoms with Crippen molar-refractivity contribution in [2.75, 3.05) is 11.9 Å². The Labute approximate surface area is 171 Å². The van der Waals surface area contributed by atoms with Crippen LogP contribution in [0.1, 0.15) is 38.3 Å². The van der Waals surface area contributed by atoms with Gasteiger partial charge >= 0.3 is 0 Å². The molecule has 2 atom stereocenters. The Kier molecular flexibility index (Phi) is 6.37. The molecule has 2 unspecified atom stereocenters. The minimum absolute atomic E-state index is 0. The highest BCUT2D eigenvalue weighted by Crippen LogP contribution is 2.50. The Bertz CT molecular complexity index is 836. The number of amides is 1. The number of aromatic nitrogens is 1. The number of carbonyl (C=O) groups excluding carboxylic acids is 1. The Hall–Kier alpha value is -1.47. The second-order valence-corrected chi connectivity index (χ2v) is 8.49. The number of ether oxygens (including phenoxy) is 1. The molecule has 0 bridgehead atoms. The van der Waals surface area contributed by atoms with Crippen molar-refractivity contribution in [2.45, 2.75) is 52.7 Å². The molecule has 3 rings (SSSR count). The maximum Gasteiger partial charge on any atom is 0.246 e. The minimum atomic E-state index is -0.945. The predicted molar refractivity (Wildman–Crippen MR) is 114 cm³/mol. The third kappa shape index (κ3) is 3.76. The van der Waals surface area contributed by atoms with Crippen molar-refractivity contribution in [1.82, 2.24) is 4.98 Å². The van der Waals surface area contributed by atoms with E-state index in [4.69, 9.17) is 10.5 Å². The van der Waals surface area contributed by atoms with Crippen LogP contribution in [-0.2, 0) is 9.53 Å². The van der Waals surface area contributed by atoms with Gasteiger partial charge in [-0.25, -0.2) is 4.98 Å². The average Bonchev–Trinajstić information content (AvgIpc) is 3.05. The molecule has 0 spiro atoms. The number of nitrogens with two attached hydrogens (primary N) is 1. The number of rotatable bonds is 5. The minimum Gasteiger partial charge on any atom is -0.378 e. The fourth-order valence-electron chi connectivity index (χ4n) is 3.39. The van der Waals surface area contributed by atoms with Gasteiger partial charge in [0, 0.05) is 29.4 Å². The molecule has 3 N–H and O–H groups in total. The second-order valence-electron chi connectivity index (χ2n) is 7.63. The van der Waals surface area contributed by atoms with Gasteiger partial charge in [0.2, 0.25) is 5.91 Å². The molecule has 0 radical (unpaired) electrons. The summed E-state index contributed by atoms with van der Waals surface area (Å²) in [6.07, 6.45) is 0.528. The number of benzene rings is 1. The lowest BCUT2D eigenvalue weighted by Crippen LogP contribution is -2.74. The molecular weight excluding hydrogens is 382 g/mol. The molecule has 1 aliphatic rings. The van der Waals surface area contributed by atoms with Gasteiger partial charge < -0.3 is 15.8 Å². The summed E-state index contributed by atoms with van der Waals surface area (Å²) in [5, 5.41) is 5.44. The number of halogens is 1. The Morgan fingerprint density at radius 2 is 2.07 bits per heavy atom. The van der Waals surface area contributed by atoms with Crippen molar-refractivity contribution in [2.24, 2.45) is 11.1 Å². The zero-order valence-corrected chi connectivity index (χ0v) is 18.1. The molecule has 1 saturated carbocycles. The first-order valence-corrected chi connectivity index (χ1v) is 9.82. The lowest BCUT2D eigenvalue weighted by Gasteiger charge is -2.57. The van der Waals surface area contributed by atoms with Crippen molar-refractivity contribution in [3.63, 3.8) is 0 Å². The number of anilines is 1. The zero-order valence-electron chi connectivity index (χ0n) is 16.5. The topological polar surface area (TPSA) is 77.2 Å². The molecule has 1 aromatic carbocycles. The van der Waals surface area contributed by atoms with Gasteiger partial charge in [-0.05, 0) is 38.0 Å². The van der Waals surface area contributed by atoms with Gasteiger partial charge in [-0.1, -0.05) is 26.0 Å². The van der Waals surface area contributed by atoms with Crippen LogP contribution < -0.4 is 11.1 Å². The number of hydrogen-bond acceptors (Lipinski definition) is 5. The van der Waals surface area contributed by atoms with E-state index in [2.05, 4.69) is 42.3 Å². The van der Waals surface area contributed by atoms with Crippen LogP contribution in [0.15, 0.2) is 23.6 Å². The van der Waals surface area contributed by atoms with Crippen LogP contribution in [0.4, 0.5) is 5.13 Å². The van der Waals surface area contributed by atoms with E-state index in [0.717, 1.165) is 11.3 Å². The van der Waals surface area contributed by atoms with Gasteiger partial charge in [0.25, 0.3) is 0 Å². The number of carbonyl (C=O) groups is 1. The predicted octanol–water partition coefficient (Wildman–Crippen LogP) is 4.32. The van der Waals surface area contributed by atoms with E-state index in [1.165, 1.54) is 22.5 Å². The Balaban J connectivity index is 0.00000261. The van der Waals surface area contributed by atoms with E-state index >= 15 is 0 Å². The number of aryl methyl sites for hydroxylation is 2. The van der Waals surface area contributed by atoms with Crippen molar-refractivity contribution >= 4 is 34.8 Å². The SMILES string of the molecule is CCOC1CC(N)(C(=O)Nc2nc(-c3ccc(C)c(C)c3)cs2)C1(C)C.Cl. The van der Waals surface area contributed by atoms with E-state index in [1.807, 2.05) is 26.2 Å². The van der Waals surface area contributed by atoms with E-state index in [9.17, 15) is 4.79 Å². The van der Waals surface area contributed by atoms with Gasteiger partial charge in [-0.15, -0.1) is 23.7 Å². The molecule has 5 nitrogen and oxygen atoms in total. The maximum absolute atomic E-state index is 12.8. The third-order valence-electron chi connectivity index (χ3n) is 5.76. The van der Waals surface area contributed by atoms with Crippen LogP contribution in [-0.4, -0.2) is 29.1 Å². The zero-order chi connectivity index (χ0) is 19.1. The molecule has 1 heterocycles. The van der Waals surface area contributed by atoms with Crippen molar-refractivity contribution in [1.29, 1.82) is 0 Å². The molecule has 1 fully saturated rings. The summed E-state index contributed by atoms with van der Waals surface area (Å²) in [7, 11) is 0. The van der Waals surface area contributed by atoms with Gasteiger partial charge in [-0.2, -0.15) is 0 Å². The largest absolute Gasteiger partial charge is 0.378 e. The average molecular weight is 410 g/mol. The molecule has 1 amide bonds. The fraction of sp³-hybridized carbons (Fsp3) is 0.500. The Morgan fingerprint density at radius 3 is 2.67 bits per heavy atom. The number of nitrogens with one attached hydrogen (secondary N) is 1. The lowest BCUT2D eigenvalue weighted by atomic mass is 9.54. The van der Waals surface area contributed by atoms with Crippen LogP contribution in [0, 0.1) is 19.3 Å².